The van der Waals surface area contributed by atoms with Crippen molar-refractivity contribution in [3.63, 3.8) is 0 Å². The molecule has 0 rings (SSSR count). The molecule has 16 heavy (non-hydrogen) atoms. The van der Waals surface area contributed by atoms with Crippen molar-refractivity contribution in [2.75, 3.05) is 20.2 Å². The first-order chi connectivity index (χ1) is 7.43. The Labute approximate surface area is 92.3 Å². The van der Waals surface area contributed by atoms with Crippen molar-refractivity contribution in [2.45, 2.75) is 0 Å². The smallest absolute Gasteiger partial charge is 0.468 e. The molecule has 0 spiro atoms. The highest BCUT2D eigenvalue weighted by Crippen LogP contribution is 1.73. The van der Waals surface area contributed by atoms with Gasteiger partial charge >= 0.3 is 19.3 Å². The number of hydrogen-bond acceptors (Lipinski definition) is 8. The lowest BCUT2D eigenvalue weighted by atomic mass is 10.3. The molecule has 0 aromatic rings. The SMILES string of the molecule is C#COC(=O)CNCC(=O)OC.OB(O)O. The first kappa shape index (κ1) is 16.8. The van der Waals surface area contributed by atoms with Crippen LogP contribution in [0.2, 0.25) is 0 Å². The maximum atomic E-state index is 10.5. The van der Waals surface area contributed by atoms with E-state index in [1.807, 2.05) is 0 Å². The van der Waals surface area contributed by atoms with Crippen LogP contribution >= 0.6 is 0 Å². The van der Waals surface area contributed by atoms with Crippen molar-refractivity contribution < 1.29 is 34.1 Å². The van der Waals surface area contributed by atoms with Crippen LogP contribution in [-0.4, -0.2) is 54.5 Å². The lowest BCUT2D eigenvalue weighted by molar-refractivity contribution is -0.140. The molecule has 0 aliphatic heterocycles. The summed E-state index contributed by atoms with van der Waals surface area (Å²) in [5, 5.41) is 24.0. The number of ether oxygens (including phenoxy) is 2. The Hall–Kier alpha value is -1.60. The van der Waals surface area contributed by atoms with Gasteiger partial charge in [0.25, 0.3) is 0 Å². The largest absolute Gasteiger partial charge is 0.631 e. The third-order valence-corrected chi connectivity index (χ3v) is 0.939. The molecule has 4 N–H and O–H groups in total. The minimum absolute atomic E-state index is 0.0455. The Balaban J connectivity index is 0. The molecule has 0 atom stereocenters. The van der Waals surface area contributed by atoms with Crippen LogP contribution in [0.5, 0.6) is 0 Å². The van der Waals surface area contributed by atoms with Gasteiger partial charge in [0.2, 0.25) is 0 Å². The summed E-state index contributed by atoms with van der Waals surface area (Å²) in [6.45, 7) is -0.157. The molecule has 0 aliphatic carbocycles. The van der Waals surface area contributed by atoms with E-state index in [1.165, 1.54) is 7.11 Å². The highest BCUT2D eigenvalue weighted by atomic mass is 16.5. The highest BCUT2D eigenvalue weighted by Gasteiger charge is 2.03. The molecule has 8 nitrogen and oxygen atoms in total. The number of hydrogen-bond donors (Lipinski definition) is 4. The highest BCUT2D eigenvalue weighted by molar-refractivity contribution is 6.30. The molecular formula is C7H12BNO7. The molecule has 0 fully saturated rings. The van der Waals surface area contributed by atoms with Crippen LogP contribution in [0.15, 0.2) is 0 Å². The summed E-state index contributed by atoms with van der Waals surface area (Å²) in [5.74, 6) is -1.06. The Morgan fingerprint density at radius 2 is 1.75 bits per heavy atom. The van der Waals surface area contributed by atoms with E-state index in [1.54, 1.807) is 6.11 Å². The molecule has 9 heteroatoms. The van der Waals surface area contributed by atoms with Crippen molar-refractivity contribution >= 4 is 19.3 Å². The van der Waals surface area contributed by atoms with E-state index in [4.69, 9.17) is 15.1 Å². The van der Waals surface area contributed by atoms with E-state index in [0.717, 1.165) is 0 Å². The summed E-state index contributed by atoms with van der Waals surface area (Å²) >= 11 is 0. The summed E-state index contributed by atoms with van der Waals surface area (Å²) in [6, 6.07) is 0. The van der Waals surface area contributed by atoms with Gasteiger partial charge < -0.3 is 24.5 Å². The first-order valence-corrected chi connectivity index (χ1v) is 3.91. The molecule has 0 saturated carbocycles. The molecule has 0 unspecified atom stereocenters. The fourth-order valence-electron chi connectivity index (χ4n) is 0.441. The second-order valence-electron chi connectivity index (χ2n) is 2.12. The molecule has 0 aromatic heterocycles. The topological polar surface area (TPSA) is 125 Å². The Kier molecular flexibility index (Phi) is 12.1. The van der Waals surface area contributed by atoms with Gasteiger partial charge in [0.1, 0.15) is 6.11 Å². The van der Waals surface area contributed by atoms with Crippen LogP contribution in [0.4, 0.5) is 0 Å². The van der Waals surface area contributed by atoms with Gasteiger partial charge in [0.05, 0.1) is 20.2 Å². The first-order valence-electron chi connectivity index (χ1n) is 3.91. The number of esters is 2. The maximum absolute atomic E-state index is 10.5. The van der Waals surface area contributed by atoms with E-state index in [-0.39, 0.29) is 13.1 Å². The monoisotopic (exact) mass is 233 g/mol. The number of methoxy groups -OCH3 is 1. The second-order valence-corrected chi connectivity index (χ2v) is 2.12. The second kappa shape index (κ2) is 11.5. The minimum Gasteiger partial charge on any atom is -0.468 e. The van der Waals surface area contributed by atoms with Crippen molar-refractivity contribution in [3.8, 4) is 12.5 Å². The zero-order chi connectivity index (χ0) is 13.0. The van der Waals surface area contributed by atoms with Gasteiger partial charge in [-0.25, -0.2) is 4.79 Å². The average molecular weight is 233 g/mol. The molecule has 0 radical (unpaired) electrons. The quantitative estimate of drug-likeness (QED) is 0.227. The van der Waals surface area contributed by atoms with Crippen LogP contribution in [0, 0.1) is 12.5 Å². The zero-order valence-electron chi connectivity index (χ0n) is 8.54. The molecule has 0 bridgehead atoms. The van der Waals surface area contributed by atoms with Crippen LogP contribution in [0.3, 0.4) is 0 Å². The van der Waals surface area contributed by atoms with Gasteiger partial charge in [-0.05, 0) is 0 Å². The maximum Gasteiger partial charge on any atom is 0.631 e. The van der Waals surface area contributed by atoms with E-state index >= 15 is 0 Å². The Morgan fingerprint density at radius 3 is 2.12 bits per heavy atom. The van der Waals surface area contributed by atoms with Crippen LogP contribution in [0.25, 0.3) is 0 Å². The molecule has 0 aliphatic rings. The third-order valence-electron chi connectivity index (χ3n) is 0.939. The van der Waals surface area contributed by atoms with Crippen molar-refractivity contribution in [1.29, 1.82) is 0 Å². The number of rotatable bonds is 4. The van der Waals surface area contributed by atoms with Crippen molar-refractivity contribution in [1.82, 2.24) is 5.32 Å². The summed E-state index contributed by atoms with van der Waals surface area (Å²) < 4.78 is 8.43. The number of carbonyl (C=O) groups is 2. The molecule has 0 aromatic carbocycles. The zero-order valence-corrected chi connectivity index (χ0v) is 8.54. The predicted octanol–water partition coefficient (Wildman–Crippen LogP) is -3.17. The van der Waals surface area contributed by atoms with Gasteiger partial charge in [0.15, 0.2) is 0 Å². The lowest BCUT2D eigenvalue weighted by Crippen LogP contribution is -2.29. The number of carbonyl (C=O) groups excluding carboxylic acids is 2. The minimum atomic E-state index is -2.17. The van der Waals surface area contributed by atoms with Gasteiger partial charge in [-0.2, -0.15) is 0 Å². The Bertz CT molecular complexity index is 247. The van der Waals surface area contributed by atoms with E-state index in [2.05, 4.69) is 21.2 Å². The fourth-order valence-corrected chi connectivity index (χ4v) is 0.441. The standard InChI is InChI=1S/C7H9NO4.BH3O3/c1-3-12-7(10)5-8-4-6(9)11-2;2-1(3)4/h1,8H,4-5H2,2H3;2-4H. The van der Waals surface area contributed by atoms with Crippen LogP contribution in [0.1, 0.15) is 0 Å². The molecule has 0 amide bonds. The van der Waals surface area contributed by atoms with E-state index < -0.39 is 19.3 Å². The van der Waals surface area contributed by atoms with Crippen molar-refractivity contribution in [2.24, 2.45) is 0 Å². The summed E-state index contributed by atoms with van der Waals surface area (Å²) in [5.41, 5.74) is 0. The third kappa shape index (κ3) is 18.2. The van der Waals surface area contributed by atoms with Gasteiger partial charge in [-0.1, -0.05) is 6.42 Å². The van der Waals surface area contributed by atoms with Crippen LogP contribution < -0.4 is 5.32 Å². The summed E-state index contributed by atoms with van der Waals surface area (Å²) in [6.07, 6.45) is 6.39. The summed E-state index contributed by atoms with van der Waals surface area (Å²) in [4.78, 5) is 21.0. The number of terminal acetylenes is 1. The summed E-state index contributed by atoms with van der Waals surface area (Å²) in [7, 11) is -0.913. The molecule has 0 saturated heterocycles. The van der Waals surface area contributed by atoms with Gasteiger partial charge in [0, 0.05) is 0 Å². The van der Waals surface area contributed by atoms with Gasteiger partial charge in [-0.3, -0.25) is 10.1 Å². The van der Waals surface area contributed by atoms with Crippen LogP contribution in [-0.2, 0) is 19.1 Å². The van der Waals surface area contributed by atoms with E-state index in [9.17, 15) is 9.59 Å². The predicted molar refractivity (Wildman–Crippen MR) is 52.2 cm³/mol. The van der Waals surface area contributed by atoms with Gasteiger partial charge in [-0.15, -0.1) is 0 Å². The average Bonchev–Trinajstić information content (AvgIpc) is 2.17. The fraction of sp³-hybridized carbons (Fsp3) is 0.429. The normalized spacial score (nSPS) is 7.94. The molecule has 0 heterocycles. The van der Waals surface area contributed by atoms with Crippen molar-refractivity contribution in [3.05, 3.63) is 0 Å². The molecule has 90 valence electrons. The lowest BCUT2D eigenvalue weighted by Gasteiger charge is -1.99. The number of nitrogens with one attached hydrogen (secondary N) is 1. The Morgan fingerprint density at radius 1 is 1.31 bits per heavy atom. The van der Waals surface area contributed by atoms with E-state index in [0.29, 0.717) is 0 Å². The molecular weight excluding hydrogens is 221 g/mol.